The summed E-state index contributed by atoms with van der Waals surface area (Å²) in [6.45, 7) is 31.0. The summed E-state index contributed by atoms with van der Waals surface area (Å²) in [7, 11) is 4.67. The second kappa shape index (κ2) is 36.6. The SMILES string of the molecule is CCOC(=O)CN=Cc1ccccc1.CCOC(=O)[C@@H](Cc1ccccc1)N=Cc1ccccc1.CCOC(=O)[C@H](N)Cc1ccccc1.CC[N+](C)(CC)C[C@@H]1OC(C)(C(C)(C)C)O[C@H]1C[N+](C)(CC)CC.NCl. The second-order valence-corrected chi connectivity index (χ2v) is 19.8. The number of ether oxygens (including phenoxy) is 5. The van der Waals surface area contributed by atoms with Gasteiger partial charge in [-0.15, -0.1) is 0 Å². The van der Waals surface area contributed by atoms with E-state index in [1.807, 2.05) is 121 Å². The van der Waals surface area contributed by atoms with Crippen LogP contribution in [0.1, 0.15) is 98.4 Å². The number of carbonyl (C=O) groups is 3. The van der Waals surface area contributed by atoms with E-state index >= 15 is 0 Å². The first-order valence-electron chi connectivity index (χ1n) is 26.4. The van der Waals surface area contributed by atoms with E-state index in [1.54, 1.807) is 33.2 Å². The van der Waals surface area contributed by atoms with E-state index < -0.39 is 17.9 Å². The van der Waals surface area contributed by atoms with Gasteiger partial charge in [0.2, 0.25) is 0 Å². The molecule has 5 rings (SSSR count). The maximum absolute atomic E-state index is 12.0. The van der Waals surface area contributed by atoms with Crippen molar-refractivity contribution in [3.05, 3.63) is 144 Å². The van der Waals surface area contributed by atoms with Gasteiger partial charge in [-0.3, -0.25) is 19.6 Å². The molecule has 416 valence electrons. The highest BCUT2D eigenvalue weighted by molar-refractivity contribution is 6.11. The summed E-state index contributed by atoms with van der Waals surface area (Å²) < 4.78 is 29.9. The van der Waals surface area contributed by atoms with Crippen LogP contribution in [0.25, 0.3) is 0 Å². The van der Waals surface area contributed by atoms with Crippen LogP contribution < -0.4 is 11.0 Å². The van der Waals surface area contributed by atoms with Gasteiger partial charge in [-0.25, -0.2) is 10.0 Å². The summed E-state index contributed by atoms with van der Waals surface area (Å²) in [4.78, 5) is 42.5. The van der Waals surface area contributed by atoms with Crippen molar-refractivity contribution in [1.29, 1.82) is 0 Å². The lowest BCUT2D eigenvalue weighted by molar-refractivity contribution is -0.916. The minimum Gasteiger partial charge on any atom is -0.465 e. The van der Waals surface area contributed by atoms with Crippen molar-refractivity contribution in [2.75, 3.05) is 79.7 Å². The fourth-order valence-corrected chi connectivity index (χ4v) is 7.41. The van der Waals surface area contributed by atoms with Crippen molar-refractivity contribution in [3.8, 4) is 0 Å². The van der Waals surface area contributed by atoms with Crippen molar-refractivity contribution in [2.24, 2.45) is 26.4 Å². The van der Waals surface area contributed by atoms with E-state index in [0.717, 1.165) is 70.5 Å². The number of nitrogens with two attached hydrogens (primary N) is 2. The fourth-order valence-electron chi connectivity index (χ4n) is 7.41. The molecule has 1 heterocycles. The molecule has 75 heavy (non-hydrogen) atoms. The van der Waals surface area contributed by atoms with Gasteiger partial charge in [0.25, 0.3) is 0 Å². The van der Waals surface area contributed by atoms with Crippen LogP contribution in [0.4, 0.5) is 0 Å². The molecule has 0 saturated carbocycles. The lowest BCUT2D eigenvalue weighted by Crippen LogP contribution is -2.55. The fraction of sp³-hybridized carbons (Fsp3) is 0.517. The average Bonchev–Trinajstić information content (AvgIpc) is 3.74. The Kier molecular flexibility index (Phi) is 33.1. The molecule has 0 bridgehead atoms. The highest BCUT2D eigenvalue weighted by atomic mass is 35.5. The van der Waals surface area contributed by atoms with Crippen molar-refractivity contribution >= 4 is 42.1 Å². The molecule has 15 heteroatoms. The van der Waals surface area contributed by atoms with Crippen LogP contribution in [0.2, 0.25) is 0 Å². The summed E-state index contributed by atoms with van der Waals surface area (Å²) in [5.74, 6) is -1.43. The summed E-state index contributed by atoms with van der Waals surface area (Å²) in [6, 6.07) is 37.8. The van der Waals surface area contributed by atoms with Gasteiger partial charge in [0, 0.05) is 24.3 Å². The Morgan fingerprint density at radius 3 is 1.37 bits per heavy atom. The van der Waals surface area contributed by atoms with Gasteiger partial charge < -0.3 is 38.4 Å². The van der Waals surface area contributed by atoms with E-state index in [4.69, 9.17) is 29.4 Å². The topological polar surface area (TPSA) is 174 Å². The predicted molar refractivity (Wildman–Crippen MR) is 307 cm³/mol. The molecule has 1 fully saturated rings. The Bertz CT molecular complexity index is 2160. The molecule has 1 aliphatic heterocycles. The normalized spacial score (nSPS) is 15.8. The summed E-state index contributed by atoms with van der Waals surface area (Å²) in [5.41, 5.74) is 9.70. The molecule has 0 spiro atoms. The maximum Gasteiger partial charge on any atom is 0.331 e. The van der Waals surface area contributed by atoms with E-state index in [0.29, 0.717) is 32.7 Å². The summed E-state index contributed by atoms with van der Waals surface area (Å²) >= 11 is 4.14. The lowest BCUT2D eigenvalue weighted by Gasteiger charge is -2.38. The van der Waals surface area contributed by atoms with E-state index in [1.165, 1.54) is 0 Å². The number of rotatable bonds is 22. The first-order chi connectivity index (χ1) is 35.7. The number of carbonyl (C=O) groups excluding carboxylic acids is 3. The van der Waals surface area contributed by atoms with Gasteiger partial charge >= 0.3 is 17.9 Å². The van der Waals surface area contributed by atoms with Crippen LogP contribution in [0.15, 0.2) is 131 Å². The van der Waals surface area contributed by atoms with Crippen LogP contribution in [0, 0.1) is 5.41 Å². The molecule has 0 aliphatic carbocycles. The molecule has 4 N–H and O–H groups in total. The largest absolute Gasteiger partial charge is 0.465 e. The zero-order chi connectivity index (χ0) is 56.3. The Balaban J connectivity index is 0.000000507. The lowest BCUT2D eigenvalue weighted by atomic mass is 9.87. The standard InChI is InChI=1S/C20H44N2O2.C18H19NO2.C11H13NO2.C11H15NO2.ClH2N/c1-11-21(9,12-2)15-17-18(16-22(10,13-3)14-4)24-20(8,23-17)19(5,6)7;1-2-21-18(20)17(13-15-9-5-3-6-10-15)19-14-16-11-7-4-8-12-16;1-2-14-11(13)9-12-8-10-6-4-3-5-7-10;1-2-14-11(13)10(12)8-9-6-4-3-5-7-9;1-2/h17-18H,11-16H2,1-10H3;3-12,14,17H,2,13H2,1H3;3-8H,2,9H2,1H3;3-7,10H,2,8,12H2,1H3;2H2/q+2;;;;/t17-,18-;17-;;10-;/m01.1./s1. The molecular weight excluding hydrogens is 968 g/mol. The Morgan fingerprint density at radius 2 is 0.987 bits per heavy atom. The number of aliphatic imine (C=N–C) groups is 2. The molecule has 0 amide bonds. The molecule has 4 atom stereocenters. The van der Waals surface area contributed by atoms with Crippen LogP contribution in [0.5, 0.6) is 0 Å². The van der Waals surface area contributed by atoms with Crippen molar-refractivity contribution in [3.63, 3.8) is 0 Å². The average molecular weight is 1060 g/mol. The van der Waals surface area contributed by atoms with E-state index in [2.05, 4.69) is 96.5 Å². The highest BCUT2D eigenvalue weighted by Crippen LogP contribution is 2.43. The Hall–Kier alpha value is -5.32. The third-order valence-electron chi connectivity index (χ3n) is 13.3. The third kappa shape index (κ3) is 26.3. The maximum atomic E-state index is 12.0. The zero-order valence-electron chi connectivity index (χ0n) is 47.6. The highest BCUT2D eigenvalue weighted by Gasteiger charge is 2.54. The summed E-state index contributed by atoms with van der Waals surface area (Å²) in [5, 5.41) is 3.97. The number of likely N-dealkylation sites (N-methyl/N-ethyl adjacent to an activating group) is 2. The van der Waals surface area contributed by atoms with Crippen LogP contribution in [-0.2, 0) is 50.9 Å². The quantitative estimate of drug-likeness (QED) is 0.0254. The number of nitrogens with zero attached hydrogens (tertiary/aromatic N) is 4. The van der Waals surface area contributed by atoms with Crippen LogP contribution in [-0.4, -0.2) is 149 Å². The minimum absolute atomic E-state index is 0.0380. The molecule has 0 unspecified atom stereocenters. The number of hydrogen-bond acceptors (Lipinski definition) is 12. The molecule has 4 aromatic carbocycles. The van der Waals surface area contributed by atoms with Gasteiger partial charge in [0.15, 0.2) is 11.8 Å². The smallest absolute Gasteiger partial charge is 0.331 e. The Morgan fingerprint density at radius 1 is 0.613 bits per heavy atom. The monoisotopic (exact) mass is 1060 g/mol. The number of halogens is 1. The van der Waals surface area contributed by atoms with E-state index in [9.17, 15) is 14.4 Å². The third-order valence-corrected chi connectivity index (χ3v) is 13.3. The first kappa shape index (κ1) is 67.7. The van der Waals surface area contributed by atoms with Gasteiger partial charge in [-0.2, -0.15) is 0 Å². The van der Waals surface area contributed by atoms with Crippen molar-refractivity contribution < 1.29 is 47.0 Å². The first-order valence-corrected chi connectivity index (χ1v) is 26.9. The number of benzene rings is 4. The minimum atomic E-state index is -0.558. The molecule has 1 saturated heterocycles. The molecular formula is C60H93ClN6O8+2. The van der Waals surface area contributed by atoms with Gasteiger partial charge in [-0.1, -0.05) is 142 Å². The Labute approximate surface area is 456 Å². The predicted octanol–water partition coefficient (Wildman–Crippen LogP) is 9.67. The molecule has 1 aliphatic rings. The van der Waals surface area contributed by atoms with Crippen LogP contribution >= 0.6 is 11.8 Å². The van der Waals surface area contributed by atoms with Gasteiger partial charge in [-0.05, 0) is 95.8 Å². The number of hydrogen-bond donors (Lipinski definition) is 2. The van der Waals surface area contributed by atoms with Crippen molar-refractivity contribution in [2.45, 2.75) is 119 Å². The number of esters is 3. The van der Waals surface area contributed by atoms with Crippen LogP contribution in [0.3, 0.4) is 0 Å². The van der Waals surface area contributed by atoms with Gasteiger partial charge in [0.05, 0.1) is 60.1 Å². The molecule has 4 aromatic rings. The van der Waals surface area contributed by atoms with E-state index in [-0.39, 0.29) is 42.1 Å². The second-order valence-electron chi connectivity index (χ2n) is 19.8. The van der Waals surface area contributed by atoms with Crippen molar-refractivity contribution in [1.82, 2.24) is 0 Å². The molecule has 14 nitrogen and oxygen atoms in total. The van der Waals surface area contributed by atoms with Gasteiger partial charge in [0.1, 0.15) is 37.9 Å². The molecule has 0 aromatic heterocycles. The molecule has 0 radical (unpaired) electrons. The zero-order valence-corrected chi connectivity index (χ0v) is 48.3. The number of quaternary nitrogens is 2. The summed E-state index contributed by atoms with van der Waals surface area (Å²) in [6.07, 6.45) is 4.79.